The largest absolute Gasteiger partial charge is 0.384 e. The number of fused-ring (bicyclic) bond motifs is 1. The molecule has 4 heterocycles. The Hall–Kier alpha value is -2.45. The molecule has 0 aromatic carbocycles. The van der Waals surface area contributed by atoms with E-state index < -0.39 is 0 Å². The van der Waals surface area contributed by atoms with Gasteiger partial charge in [-0.05, 0) is 44.7 Å². The summed E-state index contributed by atoms with van der Waals surface area (Å²) in [6, 6.07) is 5.94. The van der Waals surface area contributed by atoms with Crippen molar-refractivity contribution in [1.29, 1.82) is 0 Å². The Balaban J connectivity index is 1.62. The molecule has 1 fully saturated rings. The van der Waals surface area contributed by atoms with Gasteiger partial charge >= 0.3 is 0 Å². The number of nitrogens with two attached hydrogens (primary N) is 1. The molecular formula is C20H25N5O2S. The van der Waals surface area contributed by atoms with E-state index in [1.807, 2.05) is 23.0 Å². The third-order valence-corrected chi connectivity index (χ3v) is 6.05. The number of aromatic nitrogens is 3. The van der Waals surface area contributed by atoms with E-state index in [4.69, 9.17) is 10.5 Å². The predicted octanol–water partition coefficient (Wildman–Crippen LogP) is 4.22. The Morgan fingerprint density at radius 2 is 2.32 bits per heavy atom. The van der Waals surface area contributed by atoms with Crippen LogP contribution in [0.2, 0.25) is 0 Å². The van der Waals surface area contributed by atoms with Crippen molar-refractivity contribution >= 4 is 38.8 Å². The van der Waals surface area contributed by atoms with Crippen molar-refractivity contribution in [3.8, 4) is 10.6 Å². The van der Waals surface area contributed by atoms with Gasteiger partial charge in [-0.25, -0.2) is 9.67 Å². The van der Waals surface area contributed by atoms with Gasteiger partial charge in [-0.1, -0.05) is 0 Å². The van der Waals surface area contributed by atoms with Gasteiger partial charge in [-0.2, -0.15) is 5.10 Å². The van der Waals surface area contributed by atoms with Gasteiger partial charge < -0.3 is 20.6 Å². The molecule has 0 saturated carbocycles. The summed E-state index contributed by atoms with van der Waals surface area (Å²) >= 11 is 1.67. The lowest BCUT2D eigenvalue weighted by atomic mass is 10.2. The molecule has 0 aliphatic carbocycles. The summed E-state index contributed by atoms with van der Waals surface area (Å²) in [5, 5.41) is 7.92. The molecule has 1 aliphatic heterocycles. The van der Waals surface area contributed by atoms with Gasteiger partial charge in [0, 0.05) is 31.8 Å². The summed E-state index contributed by atoms with van der Waals surface area (Å²) in [5.41, 5.74) is 8.88. The highest BCUT2D eigenvalue weighted by molar-refractivity contribution is 7.22. The van der Waals surface area contributed by atoms with E-state index in [0.29, 0.717) is 12.2 Å². The molecular weight excluding hydrogens is 374 g/mol. The number of ketones is 1. The van der Waals surface area contributed by atoms with Crippen molar-refractivity contribution < 1.29 is 9.53 Å². The van der Waals surface area contributed by atoms with E-state index in [-0.39, 0.29) is 12.0 Å². The minimum absolute atomic E-state index is 0.00818. The average Bonchev–Trinajstić information content (AvgIpc) is 3.32. The average molecular weight is 400 g/mol. The normalized spacial score (nSPS) is 17.1. The minimum atomic E-state index is -0.00818. The van der Waals surface area contributed by atoms with E-state index in [2.05, 4.69) is 21.5 Å². The molecule has 1 unspecified atom stereocenters. The zero-order valence-electron chi connectivity index (χ0n) is 16.0. The van der Waals surface area contributed by atoms with E-state index in [0.717, 1.165) is 65.3 Å². The topological polar surface area (TPSA) is 95.1 Å². The monoisotopic (exact) mass is 399 g/mol. The van der Waals surface area contributed by atoms with Crippen LogP contribution in [0.1, 0.15) is 45.3 Å². The fourth-order valence-corrected chi connectivity index (χ4v) is 4.62. The molecule has 0 radical (unpaired) electrons. The fourth-order valence-electron chi connectivity index (χ4n) is 3.52. The van der Waals surface area contributed by atoms with Gasteiger partial charge in [0.15, 0.2) is 6.23 Å². The summed E-state index contributed by atoms with van der Waals surface area (Å²) in [4.78, 5) is 16.7. The molecule has 1 aliphatic rings. The van der Waals surface area contributed by atoms with Gasteiger partial charge in [0.05, 0.1) is 26.5 Å². The number of nitrogens with one attached hydrogen (secondary N) is 1. The number of thiophene rings is 1. The second kappa shape index (κ2) is 8.28. The van der Waals surface area contributed by atoms with Crippen molar-refractivity contribution in [2.24, 2.45) is 0 Å². The van der Waals surface area contributed by atoms with Crippen LogP contribution in [0.15, 0.2) is 24.4 Å². The third-order valence-electron chi connectivity index (χ3n) is 4.87. The lowest BCUT2D eigenvalue weighted by Crippen LogP contribution is -2.19. The summed E-state index contributed by atoms with van der Waals surface area (Å²) in [6.07, 6.45) is 6.43. The van der Waals surface area contributed by atoms with Crippen molar-refractivity contribution in [3.63, 3.8) is 0 Å². The number of hydrogen-bond acceptors (Lipinski definition) is 7. The Kier molecular flexibility index (Phi) is 5.59. The van der Waals surface area contributed by atoms with Crippen LogP contribution >= 0.6 is 11.3 Å². The Morgan fingerprint density at radius 3 is 3.11 bits per heavy atom. The Labute approximate surface area is 167 Å². The molecule has 148 valence electrons. The molecule has 0 spiro atoms. The number of carbonyl (C=O) groups excluding carboxylic acids is 1. The lowest BCUT2D eigenvalue weighted by Gasteiger charge is -2.24. The number of Topliss-reactive ketones (excluding diaryl/α,β-unsaturated/α-hetero) is 1. The zero-order valence-corrected chi connectivity index (χ0v) is 16.8. The van der Waals surface area contributed by atoms with Crippen LogP contribution in [0.4, 0.5) is 11.5 Å². The number of ether oxygens (including phenoxy) is 1. The minimum Gasteiger partial charge on any atom is -0.384 e. The van der Waals surface area contributed by atoms with E-state index in [1.165, 1.54) is 0 Å². The van der Waals surface area contributed by atoms with Gasteiger partial charge in [-0.15, -0.1) is 11.3 Å². The lowest BCUT2D eigenvalue weighted by molar-refractivity contribution is -0.117. The van der Waals surface area contributed by atoms with Gasteiger partial charge in [0.25, 0.3) is 0 Å². The molecule has 8 heteroatoms. The standard InChI is InChI=1S/C20H25N5O2S/c1-13(26)5-4-8-22-14-12-18(21)24-15-11-17(28-20(14)15)16-7-9-23-25(16)19-6-2-3-10-27-19/h7,9,11-12,19H,2-6,8,10H2,1H3,(H3,21,22,24). The van der Waals surface area contributed by atoms with Crippen LogP contribution in [0.3, 0.4) is 0 Å². The maximum Gasteiger partial charge on any atom is 0.150 e. The van der Waals surface area contributed by atoms with Crippen LogP contribution in [0.5, 0.6) is 0 Å². The van der Waals surface area contributed by atoms with Crippen molar-refractivity contribution in [1.82, 2.24) is 14.8 Å². The molecule has 3 aromatic heterocycles. The first-order valence-corrected chi connectivity index (χ1v) is 10.5. The Morgan fingerprint density at radius 1 is 1.43 bits per heavy atom. The van der Waals surface area contributed by atoms with Gasteiger partial charge in [-0.3, -0.25) is 0 Å². The number of rotatable bonds is 7. The smallest absolute Gasteiger partial charge is 0.150 e. The number of anilines is 2. The highest BCUT2D eigenvalue weighted by Gasteiger charge is 2.21. The molecule has 1 saturated heterocycles. The summed E-state index contributed by atoms with van der Waals surface area (Å²) in [6.45, 7) is 3.12. The highest BCUT2D eigenvalue weighted by Crippen LogP contribution is 2.39. The molecule has 7 nitrogen and oxygen atoms in total. The van der Waals surface area contributed by atoms with Gasteiger partial charge in [0.2, 0.25) is 0 Å². The van der Waals surface area contributed by atoms with Crippen LogP contribution in [0.25, 0.3) is 20.8 Å². The van der Waals surface area contributed by atoms with E-state index >= 15 is 0 Å². The van der Waals surface area contributed by atoms with Crippen molar-refractivity contribution in [2.75, 3.05) is 24.2 Å². The first-order chi connectivity index (χ1) is 13.6. The predicted molar refractivity (Wildman–Crippen MR) is 112 cm³/mol. The quantitative estimate of drug-likeness (QED) is 0.578. The first kappa shape index (κ1) is 18.9. The number of carbonyl (C=O) groups is 1. The molecule has 1 atom stereocenters. The van der Waals surface area contributed by atoms with Crippen molar-refractivity contribution in [3.05, 3.63) is 24.4 Å². The Bertz CT molecular complexity index is 974. The molecule has 0 bridgehead atoms. The second-order valence-corrected chi connectivity index (χ2v) is 8.19. The fraction of sp³-hybridized carbons (Fsp3) is 0.450. The van der Waals surface area contributed by atoms with Crippen LogP contribution in [-0.2, 0) is 9.53 Å². The molecule has 4 rings (SSSR count). The van der Waals surface area contributed by atoms with E-state index in [9.17, 15) is 4.79 Å². The van der Waals surface area contributed by atoms with Crippen LogP contribution in [-0.4, -0.2) is 33.7 Å². The molecule has 3 N–H and O–H groups in total. The molecule has 28 heavy (non-hydrogen) atoms. The number of nitrogen functional groups attached to an aromatic ring is 1. The number of hydrogen-bond donors (Lipinski definition) is 2. The highest BCUT2D eigenvalue weighted by atomic mass is 32.1. The van der Waals surface area contributed by atoms with Crippen molar-refractivity contribution in [2.45, 2.75) is 45.3 Å². The van der Waals surface area contributed by atoms with E-state index in [1.54, 1.807) is 18.3 Å². The summed E-state index contributed by atoms with van der Waals surface area (Å²) < 4.78 is 8.95. The SMILES string of the molecule is CC(=O)CCCNc1cc(N)nc2cc(-c3ccnn3C3CCCCO3)sc12. The number of pyridine rings is 1. The number of nitrogens with zero attached hydrogens (tertiary/aromatic N) is 3. The summed E-state index contributed by atoms with van der Waals surface area (Å²) in [7, 11) is 0. The summed E-state index contributed by atoms with van der Waals surface area (Å²) in [5.74, 6) is 0.688. The molecule has 3 aromatic rings. The maximum absolute atomic E-state index is 11.1. The molecule has 0 amide bonds. The third kappa shape index (κ3) is 4.02. The zero-order chi connectivity index (χ0) is 19.5. The first-order valence-electron chi connectivity index (χ1n) is 9.70. The van der Waals surface area contributed by atoms with Crippen LogP contribution < -0.4 is 11.1 Å². The van der Waals surface area contributed by atoms with Gasteiger partial charge in [0.1, 0.15) is 11.6 Å². The maximum atomic E-state index is 11.1. The van der Waals surface area contributed by atoms with Crippen LogP contribution in [0, 0.1) is 0 Å². The second-order valence-electron chi connectivity index (χ2n) is 7.13.